The zero-order valence-corrected chi connectivity index (χ0v) is 9.81. The minimum absolute atomic E-state index is 0.124. The molecule has 1 saturated heterocycles. The van der Waals surface area contributed by atoms with Crippen LogP contribution in [-0.2, 0) is 14.3 Å². The van der Waals surface area contributed by atoms with Crippen molar-refractivity contribution >= 4 is 11.9 Å². The van der Waals surface area contributed by atoms with E-state index in [0.717, 1.165) is 12.8 Å². The highest BCUT2D eigenvalue weighted by atomic mass is 16.5. The molecule has 92 valence electrons. The van der Waals surface area contributed by atoms with Crippen molar-refractivity contribution in [1.82, 2.24) is 4.90 Å². The normalized spacial score (nSPS) is 22.9. The number of carbonyl (C=O) groups excluding carboxylic acids is 1. The predicted octanol–water partition coefficient (Wildman–Crippen LogP) is 0.877. The Morgan fingerprint density at radius 3 is 2.75 bits per heavy atom. The molecule has 1 aliphatic heterocycles. The summed E-state index contributed by atoms with van der Waals surface area (Å²) in [5.74, 6) is -1.03. The summed E-state index contributed by atoms with van der Waals surface area (Å²) in [4.78, 5) is 24.3. The van der Waals surface area contributed by atoms with E-state index >= 15 is 0 Å². The van der Waals surface area contributed by atoms with Gasteiger partial charge in [-0.15, -0.1) is 0 Å². The standard InChI is InChI=1S/C11H19NO4/c1-8(16-2)7-10(13)12-6-4-3-5-9(12)11(14)15/h8-9H,3-7H2,1-2H3,(H,14,15)/t8?,9-/m1/s1. The van der Waals surface area contributed by atoms with Crippen LogP contribution in [0.4, 0.5) is 0 Å². The van der Waals surface area contributed by atoms with Gasteiger partial charge in [0.15, 0.2) is 0 Å². The number of methoxy groups -OCH3 is 1. The highest BCUT2D eigenvalue weighted by Gasteiger charge is 2.32. The summed E-state index contributed by atoms with van der Waals surface area (Å²) in [5.41, 5.74) is 0. The molecule has 0 aromatic carbocycles. The second-order valence-electron chi connectivity index (χ2n) is 4.19. The highest BCUT2D eigenvalue weighted by Crippen LogP contribution is 2.18. The molecule has 0 aromatic heterocycles. The van der Waals surface area contributed by atoms with Crippen molar-refractivity contribution in [2.45, 2.75) is 44.8 Å². The summed E-state index contributed by atoms with van der Waals surface area (Å²) in [7, 11) is 1.54. The minimum Gasteiger partial charge on any atom is -0.480 e. The van der Waals surface area contributed by atoms with Gasteiger partial charge in [0.2, 0.25) is 5.91 Å². The summed E-state index contributed by atoms with van der Waals surface area (Å²) < 4.78 is 5.01. The summed E-state index contributed by atoms with van der Waals surface area (Å²) in [5, 5.41) is 9.02. The first-order chi connectivity index (χ1) is 7.56. The van der Waals surface area contributed by atoms with E-state index in [4.69, 9.17) is 9.84 Å². The Labute approximate surface area is 95.4 Å². The van der Waals surface area contributed by atoms with Gasteiger partial charge in [0.1, 0.15) is 6.04 Å². The number of likely N-dealkylation sites (tertiary alicyclic amines) is 1. The van der Waals surface area contributed by atoms with Crippen molar-refractivity contribution in [2.75, 3.05) is 13.7 Å². The van der Waals surface area contributed by atoms with Crippen LogP contribution >= 0.6 is 0 Å². The molecule has 1 aliphatic rings. The van der Waals surface area contributed by atoms with E-state index in [1.165, 1.54) is 4.90 Å². The molecule has 0 aromatic rings. The molecular weight excluding hydrogens is 210 g/mol. The number of carboxylic acid groups (broad SMARTS) is 1. The van der Waals surface area contributed by atoms with E-state index in [1.54, 1.807) is 14.0 Å². The van der Waals surface area contributed by atoms with Crippen LogP contribution in [0.2, 0.25) is 0 Å². The fraction of sp³-hybridized carbons (Fsp3) is 0.818. The molecule has 0 radical (unpaired) electrons. The Morgan fingerprint density at radius 1 is 1.50 bits per heavy atom. The van der Waals surface area contributed by atoms with Gasteiger partial charge in [0, 0.05) is 13.7 Å². The number of ether oxygens (including phenoxy) is 1. The second kappa shape index (κ2) is 5.84. The number of amides is 1. The number of aliphatic carboxylic acids is 1. The molecule has 2 atom stereocenters. The van der Waals surface area contributed by atoms with Gasteiger partial charge in [-0.25, -0.2) is 4.79 Å². The van der Waals surface area contributed by atoms with Crippen molar-refractivity contribution in [3.63, 3.8) is 0 Å². The Kier molecular flexibility index (Phi) is 4.73. The quantitative estimate of drug-likeness (QED) is 0.777. The van der Waals surface area contributed by atoms with E-state index in [2.05, 4.69) is 0 Å². The van der Waals surface area contributed by atoms with E-state index in [1.807, 2.05) is 0 Å². The molecule has 0 aliphatic carbocycles. The molecule has 1 rings (SSSR count). The van der Waals surface area contributed by atoms with Gasteiger partial charge in [0.05, 0.1) is 12.5 Å². The average molecular weight is 229 g/mol. The third-order valence-electron chi connectivity index (χ3n) is 2.97. The van der Waals surface area contributed by atoms with Crippen molar-refractivity contribution in [2.24, 2.45) is 0 Å². The van der Waals surface area contributed by atoms with Crippen LogP contribution < -0.4 is 0 Å². The lowest BCUT2D eigenvalue weighted by atomic mass is 10.0. The third kappa shape index (κ3) is 3.20. The van der Waals surface area contributed by atoms with Crippen LogP contribution in [0.3, 0.4) is 0 Å². The van der Waals surface area contributed by atoms with Crippen molar-refractivity contribution < 1.29 is 19.4 Å². The van der Waals surface area contributed by atoms with Crippen LogP contribution in [0.5, 0.6) is 0 Å². The van der Waals surface area contributed by atoms with Gasteiger partial charge in [-0.2, -0.15) is 0 Å². The van der Waals surface area contributed by atoms with Gasteiger partial charge >= 0.3 is 5.97 Å². The van der Waals surface area contributed by atoms with Crippen molar-refractivity contribution in [1.29, 1.82) is 0 Å². The summed E-state index contributed by atoms with van der Waals surface area (Å²) in [6.07, 6.45) is 2.41. The van der Waals surface area contributed by atoms with Crippen LogP contribution in [0.25, 0.3) is 0 Å². The molecular formula is C11H19NO4. The van der Waals surface area contributed by atoms with E-state index in [0.29, 0.717) is 13.0 Å². The molecule has 0 spiro atoms. The fourth-order valence-electron chi connectivity index (χ4n) is 1.93. The zero-order valence-electron chi connectivity index (χ0n) is 9.81. The molecule has 1 amide bonds. The van der Waals surface area contributed by atoms with Crippen molar-refractivity contribution in [3.8, 4) is 0 Å². The number of rotatable bonds is 4. The predicted molar refractivity (Wildman–Crippen MR) is 58.1 cm³/mol. The Bertz CT molecular complexity index is 267. The van der Waals surface area contributed by atoms with Gasteiger partial charge < -0.3 is 14.7 Å². The van der Waals surface area contributed by atoms with E-state index in [9.17, 15) is 9.59 Å². The maximum atomic E-state index is 11.9. The number of carbonyl (C=O) groups is 2. The lowest BCUT2D eigenvalue weighted by Crippen LogP contribution is -2.48. The smallest absolute Gasteiger partial charge is 0.326 e. The molecule has 5 nitrogen and oxygen atoms in total. The molecule has 1 heterocycles. The first kappa shape index (κ1) is 13.0. The topological polar surface area (TPSA) is 66.8 Å². The number of carboxylic acids is 1. The maximum Gasteiger partial charge on any atom is 0.326 e. The third-order valence-corrected chi connectivity index (χ3v) is 2.97. The van der Waals surface area contributed by atoms with Gasteiger partial charge in [-0.1, -0.05) is 0 Å². The summed E-state index contributed by atoms with van der Waals surface area (Å²) in [6, 6.07) is -0.648. The molecule has 1 unspecified atom stereocenters. The Morgan fingerprint density at radius 2 is 2.19 bits per heavy atom. The maximum absolute atomic E-state index is 11.9. The second-order valence-corrected chi connectivity index (χ2v) is 4.19. The molecule has 1 N–H and O–H groups in total. The molecule has 5 heteroatoms. The summed E-state index contributed by atoms with van der Waals surface area (Å²) >= 11 is 0. The number of piperidine rings is 1. The number of hydrogen-bond donors (Lipinski definition) is 1. The van der Waals surface area contributed by atoms with Gasteiger partial charge in [0.25, 0.3) is 0 Å². The lowest BCUT2D eigenvalue weighted by Gasteiger charge is -2.33. The van der Waals surface area contributed by atoms with Gasteiger partial charge in [-0.3, -0.25) is 4.79 Å². The van der Waals surface area contributed by atoms with Crippen molar-refractivity contribution in [3.05, 3.63) is 0 Å². The number of hydrogen-bond acceptors (Lipinski definition) is 3. The largest absolute Gasteiger partial charge is 0.480 e. The molecule has 1 fully saturated rings. The highest BCUT2D eigenvalue weighted by molar-refractivity contribution is 5.84. The lowest BCUT2D eigenvalue weighted by molar-refractivity contribution is -0.153. The Hall–Kier alpha value is -1.10. The van der Waals surface area contributed by atoms with Crippen LogP contribution in [0, 0.1) is 0 Å². The number of nitrogens with zero attached hydrogens (tertiary/aromatic N) is 1. The van der Waals surface area contributed by atoms with Crippen LogP contribution in [-0.4, -0.2) is 47.7 Å². The van der Waals surface area contributed by atoms with E-state index in [-0.39, 0.29) is 18.4 Å². The minimum atomic E-state index is -0.905. The molecule has 0 bridgehead atoms. The molecule has 0 saturated carbocycles. The first-order valence-corrected chi connectivity index (χ1v) is 5.61. The molecule has 16 heavy (non-hydrogen) atoms. The average Bonchev–Trinajstić information content (AvgIpc) is 2.28. The first-order valence-electron chi connectivity index (χ1n) is 5.61. The van der Waals surface area contributed by atoms with E-state index < -0.39 is 12.0 Å². The Balaban J connectivity index is 2.60. The van der Waals surface area contributed by atoms with Crippen LogP contribution in [0.15, 0.2) is 0 Å². The van der Waals surface area contributed by atoms with Crippen LogP contribution in [0.1, 0.15) is 32.6 Å². The zero-order chi connectivity index (χ0) is 12.1. The fourth-order valence-corrected chi connectivity index (χ4v) is 1.93. The van der Waals surface area contributed by atoms with Gasteiger partial charge in [-0.05, 0) is 26.2 Å². The summed E-state index contributed by atoms with van der Waals surface area (Å²) in [6.45, 7) is 2.35. The SMILES string of the molecule is COC(C)CC(=O)N1CCCC[C@@H]1C(=O)O. The monoisotopic (exact) mass is 229 g/mol.